The number of ether oxygens (including phenoxy) is 1. The maximum atomic E-state index is 12.7. The number of nitrogens with zero attached hydrogens (tertiary/aromatic N) is 2. The molecule has 7 nitrogen and oxygen atoms in total. The van der Waals surface area contributed by atoms with Crippen LogP contribution in [0.3, 0.4) is 0 Å². The summed E-state index contributed by atoms with van der Waals surface area (Å²) in [5.41, 5.74) is 6.33. The average molecular weight is 343 g/mol. The zero-order valence-electron chi connectivity index (χ0n) is 14.1. The monoisotopic (exact) mass is 343 g/mol. The highest BCUT2D eigenvalue weighted by Gasteiger charge is 2.24. The Morgan fingerprint density at radius 2 is 2.08 bits per heavy atom. The Hall–Kier alpha value is -2.67. The summed E-state index contributed by atoms with van der Waals surface area (Å²) in [5.74, 6) is -1.17. The molecule has 1 atom stereocenters. The fourth-order valence-corrected chi connectivity index (χ4v) is 3.10. The zero-order valence-corrected chi connectivity index (χ0v) is 14.1. The summed E-state index contributed by atoms with van der Waals surface area (Å²) in [4.78, 5) is 36.8. The molecule has 2 heterocycles. The van der Waals surface area contributed by atoms with Crippen LogP contribution in [0.15, 0.2) is 35.3 Å². The molecule has 0 bridgehead atoms. The summed E-state index contributed by atoms with van der Waals surface area (Å²) in [6, 6.07) is 7.17. The van der Waals surface area contributed by atoms with E-state index in [0.717, 1.165) is 13.0 Å². The lowest BCUT2D eigenvalue weighted by atomic mass is 10.1. The molecule has 132 valence electrons. The van der Waals surface area contributed by atoms with Crippen LogP contribution in [-0.4, -0.2) is 42.2 Å². The lowest BCUT2D eigenvalue weighted by molar-refractivity contribution is -0.141. The van der Waals surface area contributed by atoms with Crippen LogP contribution in [0.2, 0.25) is 0 Å². The van der Waals surface area contributed by atoms with Crippen LogP contribution in [-0.2, 0) is 9.53 Å². The highest BCUT2D eigenvalue weighted by Crippen LogP contribution is 2.16. The first-order valence-electron chi connectivity index (χ1n) is 8.35. The molecule has 1 aliphatic heterocycles. The van der Waals surface area contributed by atoms with E-state index in [1.165, 1.54) is 6.20 Å². The zero-order chi connectivity index (χ0) is 18.0. The molecule has 1 unspecified atom stereocenters. The topological polar surface area (TPSA) is 94.6 Å². The second-order valence-electron chi connectivity index (χ2n) is 6.10. The molecule has 2 N–H and O–H groups in total. The predicted molar refractivity (Wildman–Crippen MR) is 94.3 cm³/mol. The van der Waals surface area contributed by atoms with Gasteiger partial charge >= 0.3 is 5.97 Å². The van der Waals surface area contributed by atoms with Crippen molar-refractivity contribution in [2.75, 3.05) is 24.7 Å². The van der Waals surface area contributed by atoms with Gasteiger partial charge in [0.05, 0.1) is 17.7 Å². The Balaban J connectivity index is 2.07. The molecule has 1 saturated heterocycles. The third kappa shape index (κ3) is 3.41. The van der Waals surface area contributed by atoms with E-state index in [4.69, 9.17) is 10.5 Å². The van der Waals surface area contributed by atoms with Gasteiger partial charge in [-0.1, -0.05) is 12.1 Å². The van der Waals surface area contributed by atoms with Crippen LogP contribution in [0, 0.1) is 0 Å². The number of aromatic nitrogens is 1. The van der Waals surface area contributed by atoms with Crippen molar-refractivity contribution >= 4 is 22.7 Å². The van der Waals surface area contributed by atoms with Gasteiger partial charge in [0.25, 0.3) is 0 Å². The molecule has 2 aromatic rings. The first-order valence-corrected chi connectivity index (χ1v) is 8.35. The van der Waals surface area contributed by atoms with Gasteiger partial charge in [-0.3, -0.25) is 19.1 Å². The van der Waals surface area contributed by atoms with Gasteiger partial charge in [-0.2, -0.15) is 0 Å². The van der Waals surface area contributed by atoms with Gasteiger partial charge in [-0.05, 0) is 25.5 Å². The average Bonchev–Trinajstić information content (AvgIpc) is 3.01. The predicted octanol–water partition coefficient (Wildman–Crippen LogP) is 0.806. The fraction of sp³-hybridized carbons (Fsp3) is 0.389. The molecule has 0 radical (unpaired) electrons. The third-order valence-electron chi connectivity index (χ3n) is 4.31. The van der Waals surface area contributed by atoms with Crippen LogP contribution < -0.4 is 16.2 Å². The standard InChI is InChI=1S/C18H21N3O4/c1-2-25-17(23)9-16(22)14-11-21(20-8-7-12(19)10-20)15-6-4-3-5-13(15)18(14)24/h3-6,11-12H,2,7-10,19H2,1H3. The lowest BCUT2D eigenvalue weighted by Gasteiger charge is -2.24. The summed E-state index contributed by atoms with van der Waals surface area (Å²) < 4.78 is 6.62. The Morgan fingerprint density at radius 3 is 2.76 bits per heavy atom. The van der Waals surface area contributed by atoms with E-state index in [-0.39, 0.29) is 23.6 Å². The Labute approximate surface area is 144 Å². The lowest BCUT2D eigenvalue weighted by Crippen LogP contribution is -2.37. The summed E-state index contributed by atoms with van der Waals surface area (Å²) in [7, 11) is 0. The fourth-order valence-electron chi connectivity index (χ4n) is 3.10. The van der Waals surface area contributed by atoms with Crippen LogP contribution in [0.4, 0.5) is 0 Å². The number of pyridine rings is 1. The number of Topliss-reactive ketones (excluding diaryl/α,β-unsaturated/α-hetero) is 1. The number of fused-ring (bicyclic) bond motifs is 1. The molecule has 1 aromatic carbocycles. The number of rotatable bonds is 5. The Kier molecular flexibility index (Phi) is 4.85. The van der Waals surface area contributed by atoms with E-state index in [0.29, 0.717) is 17.4 Å². The van der Waals surface area contributed by atoms with Gasteiger partial charge in [0, 0.05) is 30.7 Å². The molecule has 0 amide bonds. The van der Waals surface area contributed by atoms with Gasteiger partial charge in [0.1, 0.15) is 6.42 Å². The molecule has 1 fully saturated rings. The number of carbonyl (C=O) groups is 2. The number of ketones is 1. The highest BCUT2D eigenvalue weighted by atomic mass is 16.5. The van der Waals surface area contributed by atoms with E-state index in [2.05, 4.69) is 0 Å². The highest BCUT2D eigenvalue weighted by molar-refractivity contribution is 6.07. The van der Waals surface area contributed by atoms with Gasteiger partial charge in [-0.25, -0.2) is 0 Å². The summed E-state index contributed by atoms with van der Waals surface area (Å²) in [5, 5.41) is 2.45. The minimum atomic E-state index is -0.630. The second-order valence-corrected chi connectivity index (χ2v) is 6.10. The maximum Gasteiger partial charge on any atom is 0.313 e. The van der Waals surface area contributed by atoms with E-state index in [1.807, 2.05) is 21.8 Å². The van der Waals surface area contributed by atoms with Crippen molar-refractivity contribution in [2.24, 2.45) is 5.73 Å². The third-order valence-corrected chi connectivity index (χ3v) is 4.31. The van der Waals surface area contributed by atoms with Crippen molar-refractivity contribution in [1.82, 2.24) is 4.68 Å². The van der Waals surface area contributed by atoms with Gasteiger partial charge in [-0.15, -0.1) is 0 Å². The van der Waals surface area contributed by atoms with E-state index >= 15 is 0 Å². The minimum Gasteiger partial charge on any atom is -0.466 e. The largest absolute Gasteiger partial charge is 0.466 e. The van der Waals surface area contributed by atoms with Crippen LogP contribution in [0.1, 0.15) is 30.1 Å². The summed E-state index contributed by atoms with van der Waals surface area (Å²) >= 11 is 0. The molecule has 1 aromatic heterocycles. The number of hydrogen-bond acceptors (Lipinski definition) is 6. The van der Waals surface area contributed by atoms with Crippen molar-refractivity contribution in [2.45, 2.75) is 25.8 Å². The molecule has 0 saturated carbocycles. The number of carbonyl (C=O) groups excluding carboxylic acids is 2. The molecule has 0 aliphatic carbocycles. The Bertz CT molecular complexity index is 874. The number of esters is 1. The molecule has 1 aliphatic rings. The van der Waals surface area contributed by atoms with Crippen molar-refractivity contribution in [3.8, 4) is 0 Å². The van der Waals surface area contributed by atoms with Gasteiger partial charge in [0.2, 0.25) is 0 Å². The van der Waals surface area contributed by atoms with Gasteiger partial charge in [0.15, 0.2) is 11.2 Å². The molecule has 25 heavy (non-hydrogen) atoms. The van der Waals surface area contributed by atoms with Crippen molar-refractivity contribution in [3.63, 3.8) is 0 Å². The molecule has 0 spiro atoms. The van der Waals surface area contributed by atoms with E-state index in [1.54, 1.807) is 19.1 Å². The quantitative estimate of drug-likeness (QED) is 0.490. The number of para-hydroxylation sites is 1. The molecule has 7 heteroatoms. The van der Waals surface area contributed by atoms with Crippen LogP contribution in [0.25, 0.3) is 10.9 Å². The van der Waals surface area contributed by atoms with E-state index in [9.17, 15) is 14.4 Å². The first kappa shape index (κ1) is 17.2. The molecule has 3 rings (SSSR count). The number of hydrogen-bond donors (Lipinski definition) is 1. The van der Waals surface area contributed by atoms with Crippen molar-refractivity contribution < 1.29 is 14.3 Å². The van der Waals surface area contributed by atoms with Crippen LogP contribution in [0.5, 0.6) is 0 Å². The summed E-state index contributed by atoms with van der Waals surface area (Å²) in [6.45, 7) is 3.24. The van der Waals surface area contributed by atoms with Crippen molar-refractivity contribution in [1.29, 1.82) is 0 Å². The van der Waals surface area contributed by atoms with Gasteiger partial charge < -0.3 is 15.5 Å². The Morgan fingerprint density at radius 1 is 1.32 bits per heavy atom. The maximum absolute atomic E-state index is 12.7. The molecular weight excluding hydrogens is 322 g/mol. The summed E-state index contributed by atoms with van der Waals surface area (Å²) in [6.07, 6.45) is 1.91. The van der Waals surface area contributed by atoms with Crippen molar-refractivity contribution in [3.05, 3.63) is 46.2 Å². The molecular formula is C18H21N3O4. The normalized spacial score (nSPS) is 17.0. The second kappa shape index (κ2) is 7.06. The smallest absolute Gasteiger partial charge is 0.313 e. The number of benzene rings is 1. The minimum absolute atomic E-state index is 0.00720. The first-order chi connectivity index (χ1) is 12.0. The number of nitrogens with two attached hydrogens (primary N) is 1. The van der Waals surface area contributed by atoms with Crippen LogP contribution >= 0.6 is 0 Å². The SMILES string of the molecule is CCOC(=O)CC(=O)c1cn(N2CCC(N)C2)c2ccccc2c1=O. The van der Waals surface area contributed by atoms with E-state index < -0.39 is 18.2 Å².